The van der Waals surface area contributed by atoms with E-state index in [1.54, 1.807) is 31.2 Å². The summed E-state index contributed by atoms with van der Waals surface area (Å²) in [5.41, 5.74) is 1.30. The van der Waals surface area contributed by atoms with Crippen molar-refractivity contribution in [2.24, 2.45) is 0 Å². The molecular formula is C16H13FO3. The molecule has 0 saturated carbocycles. The van der Waals surface area contributed by atoms with Crippen molar-refractivity contribution in [1.82, 2.24) is 0 Å². The van der Waals surface area contributed by atoms with Gasteiger partial charge in [0, 0.05) is 6.07 Å². The van der Waals surface area contributed by atoms with Gasteiger partial charge in [0.15, 0.2) is 5.78 Å². The van der Waals surface area contributed by atoms with E-state index in [1.807, 2.05) is 0 Å². The number of aryl methyl sites for hydroxylation is 1. The predicted molar refractivity (Wildman–Crippen MR) is 72.5 cm³/mol. The highest BCUT2D eigenvalue weighted by molar-refractivity contribution is 5.99. The molecule has 2 aromatic rings. The van der Waals surface area contributed by atoms with Crippen molar-refractivity contribution in [3.05, 3.63) is 65.0 Å². The summed E-state index contributed by atoms with van der Waals surface area (Å²) in [5, 5.41) is 0. The van der Waals surface area contributed by atoms with Crippen LogP contribution in [0.1, 0.15) is 33.2 Å². The maximum absolute atomic E-state index is 13.2. The van der Waals surface area contributed by atoms with Gasteiger partial charge in [-0.05, 0) is 37.6 Å². The zero-order valence-electron chi connectivity index (χ0n) is 11.1. The molecule has 0 aliphatic carbocycles. The van der Waals surface area contributed by atoms with E-state index in [2.05, 4.69) is 0 Å². The average molecular weight is 272 g/mol. The highest BCUT2D eigenvalue weighted by Crippen LogP contribution is 2.22. The molecule has 0 aromatic heterocycles. The molecule has 2 aromatic carbocycles. The summed E-state index contributed by atoms with van der Waals surface area (Å²) in [7, 11) is 0. The van der Waals surface area contributed by atoms with E-state index in [1.165, 1.54) is 13.0 Å². The monoisotopic (exact) mass is 272 g/mol. The molecule has 0 bridgehead atoms. The third kappa shape index (κ3) is 2.91. The Bertz CT molecular complexity index is 677. The van der Waals surface area contributed by atoms with E-state index in [0.717, 1.165) is 17.7 Å². The smallest absolute Gasteiger partial charge is 0.343 e. The van der Waals surface area contributed by atoms with Gasteiger partial charge in [-0.15, -0.1) is 0 Å². The molecule has 0 amide bonds. The van der Waals surface area contributed by atoms with Gasteiger partial charge in [-0.2, -0.15) is 0 Å². The van der Waals surface area contributed by atoms with Gasteiger partial charge in [-0.25, -0.2) is 9.18 Å². The lowest BCUT2D eigenvalue weighted by molar-refractivity contribution is 0.0731. The van der Waals surface area contributed by atoms with Crippen molar-refractivity contribution in [3.8, 4) is 5.75 Å². The van der Waals surface area contributed by atoms with Crippen molar-refractivity contribution >= 4 is 11.8 Å². The number of ketones is 1. The molecule has 0 N–H and O–H groups in total. The molecule has 0 atom stereocenters. The molecule has 0 radical (unpaired) electrons. The fourth-order valence-electron chi connectivity index (χ4n) is 1.83. The Morgan fingerprint density at radius 2 is 1.75 bits per heavy atom. The second kappa shape index (κ2) is 5.65. The molecule has 0 heterocycles. The SMILES string of the molecule is CC(=O)c1ccc(F)cc1OC(=O)c1ccccc1C. The maximum atomic E-state index is 13.2. The molecule has 0 spiro atoms. The lowest BCUT2D eigenvalue weighted by atomic mass is 10.1. The first-order valence-corrected chi connectivity index (χ1v) is 6.07. The summed E-state index contributed by atoms with van der Waals surface area (Å²) >= 11 is 0. The number of rotatable bonds is 3. The van der Waals surface area contributed by atoms with Crippen LogP contribution in [0.3, 0.4) is 0 Å². The Morgan fingerprint density at radius 1 is 1.05 bits per heavy atom. The summed E-state index contributed by atoms with van der Waals surface area (Å²) in [6, 6.07) is 10.4. The quantitative estimate of drug-likeness (QED) is 0.487. The summed E-state index contributed by atoms with van der Waals surface area (Å²) in [5.74, 6) is -1.54. The number of halogens is 1. The highest BCUT2D eigenvalue weighted by Gasteiger charge is 2.16. The molecular weight excluding hydrogens is 259 g/mol. The minimum Gasteiger partial charge on any atom is -0.422 e. The van der Waals surface area contributed by atoms with Crippen LogP contribution in [0.25, 0.3) is 0 Å². The van der Waals surface area contributed by atoms with Crippen LogP contribution < -0.4 is 4.74 Å². The summed E-state index contributed by atoms with van der Waals surface area (Å²) < 4.78 is 18.4. The van der Waals surface area contributed by atoms with E-state index in [-0.39, 0.29) is 17.1 Å². The summed E-state index contributed by atoms with van der Waals surface area (Å²) in [4.78, 5) is 23.5. The third-order valence-corrected chi connectivity index (χ3v) is 2.89. The normalized spacial score (nSPS) is 10.2. The lowest BCUT2D eigenvalue weighted by Gasteiger charge is -2.09. The van der Waals surface area contributed by atoms with E-state index >= 15 is 0 Å². The number of benzene rings is 2. The van der Waals surface area contributed by atoms with Crippen LogP contribution >= 0.6 is 0 Å². The van der Waals surface area contributed by atoms with Crippen LogP contribution in [-0.2, 0) is 0 Å². The second-order valence-corrected chi connectivity index (χ2v) is 4.40. The molecule has 2 rings (SSSR count). The Kier molecular flexibility index (Phi) is 3.94. The predicted octanol–water partition coefficient (Wildman–Crippen LogP) is 3.56. The maximum Gasteiger partial charge on any atom is 0.343 e. The third-order valence-electron chi connectivity index (χ3n) is 2.89. The van der Waals surface area contributed by atoms with Crippen molar-refractivity contribution in [1.29, 1.82) is 0 Å². The molecule has 4 heteroatoms. The fourth-order valence-corrected chi connectivity index (χ4v) is 1.83. The number of hydrogen-bond donors (Lipinski definition) is 0. The van der Waals surface area contributed by atoms with Crippen molar-refractivity contribution in [2.45, 2.75) is 13.8 Å². The first kappa shape index (κ1) is 13.9. The number of Topliss-reactive ketones (excluding diaryl/α,β-unsaturated/α-hetero) is 1. The van der Waals surface area contributed by atoms with E-state index in [9.17, 15) is 14.0 Å². The highest BCUT2D eigenvalue weighted by atomic mass is 19.1. The largest absolute Gasteiger partial charge is 0.422 e. The Morgan fingerprint density at radius 3 is 2.40 bits per heavy atom. The van der Waals surface area contributed by atoms with Crippen molar-refractivity contribution < 1.29 is 18.7 Å². The lowest BCUT2D eigenvalue weighted by Crippen LogP contribution is -2.12. The molecule has 3 nitrogen and oxygen atoms in total. The number of ether oxygens (including phenoxy) is 1. The van der Waals surface area contributed by atoms with Gasteiger partial charge >= 0.3 is 5.97 Å². The van der Waals surface area contributed by atoms with Gasteiger partial charge < -0.3 is 4.74 Å². The van der Waals surface area contributed by atoms with Crippen LogP contribution in [0.4, 0.5) is 4.39 Å². The Labute approximate surface area is 116 Å². The van der Waals surface area contributed by atoms with Crippen molar-refractivity contribution in [2.75, 3.05) is 0 Å². The number of esters is 1. The number of carbonyl (C=O) groups is 2. The van der Waals surface area contributed by atoms with E-state index < -0.39 is 11.8 Å². The first-order valence-electron chi connectivity index (χ1n) is 6.07. The van der Waals surface area contributed by atoms with Crippen LogP contribution in [0.2, 0.25) is 0 Å². The first-order chi connectivity index (χ1) is 9.49. The molecule has 0 aliphatic rings. The van der Waals surface area contributed by atoms with E-state index in [4.69, 9.17) is 4.74 Å². The summed E-state index contributed by atoms with van der Waals surface area (Å²) in [6.45, 7) is 3.10. The molecule has 102 valence electrons. The Balaban J connectivity index is 2.35. The average Bonchev–Trinajstić information content (AvgIpc) is 2.38. The van der Waals surface area contributed by atoms with Crippen molar-refractivity contribution in [3.63, 3.8) is 0 Å². The van der Waals surface area contributed by atoms with Crippen LogP contribution in [-0.4, -0.2) is 11.8 Å². The zero-order chi connectivity index (χ0) is 14.7. The molecule has 20 heavy (non-hydrogen) atoms. The Hall–Kier alpha value is -2.49. The zero-order valence-corrected chi connectivity index (χ0v) is 11.1. The van der Waals surface area contributed by atoms with Crippen LogP contribution in [0.15, 0.2) is 42.5 Å². The van der Waals surface area contributed by atoms with Gasteiger partial charge in [-0.3, -0.25) is 4.79 Å². The molecule has 0 fully saturated rings. The van der Waals surface area contributed by atoms with Gasteiger partial charge in [0.25, 0.3) is 0 Å². The van der Waals surface area contributed by atoms with Gasteiger partial charge in [0.05, 0.1) is 11.1 Å². The summed E-state index contributed by atoms with van der Waals surface area (Å²) in [6.07, 6.45) is 0. The molecule has 0 unspecified atom stereocenters. The standard InChI is InChI=1S/C16H13FO3/c1-10-5-3-4-6-13(10)16(19)20-15-9-12(17)7-8-14(15)11(2)18/h3-9H,1-2H3. The molecule has 0 aliphatic heterocycles. The van der Waals surface area contributed by atoms with Gasteiger partial charge in [0.2, 0.25) is 0 Å². The van der Waals surface area contributed by atoms with E-state index in [0.29, 0.717) is 5.56 Å². The number of hydrogen-bond acceptors (Lipinski definition) is 3. The topological polar surface area (TPSA) is 43.4 Å². The number of carbonyl (C=O) groups excluding carboxylic acids is 2. The van der Waals surface area contributed by atoms with Crippen LogP contribution in [0.5, 0.6) is 5.75 Å². The second-order valence-electron chi connectivity index (χ2n) is 4.40. The minimum atomic E-state index is -0.615. The molecule has 0 saturated heterocycles. The van der Waals surface area contributed by atoms with Gasteiger partial charge in [-0.1, -0.05) is 18.2 Å². The van der Waals surface area contributed by atoms with Gasteiger partial charge in [0.1, 0.15) is 11.6 Å². The van der Waals surface area contributed by atoms with Crippen LogP contribution in [0, 0.1) is 12.7 Å². The minimum absolute atomic E-state index is 0.0641. The fraction of sp³-hybridized carbons (Fsp3) is 0.125.